The lowest BCUT2D eigenvalue weighted by molar-refractivity contribution is -0.120. The lowest BCUT2D eigenvalue weighted by atomic mass is 9.86. The van der Waals surface area contributed by atoms with E-state index in [1.807, 2.05) is 6.07 Å². The summed E-state index contributed by atoms with van der Waals surface area (Å²) in [5.74, 6) is -1.22. The van der Waals surface area contributed by atoms with Crippen molar-refractivity contribution < 1.29 is 22.8 Å². The predicted molar refractivity (Wildman–Crippen MR) is 126 cm³/mol. The highest BCUT2D eigenvalue weighted by Gasteiger charge is 2.37. The first-order valence-electron chi connectivity index (χ1n) is 11.1. The highest BCUT2D eigenvalue weighted by molar-refractivity contribution is 7.90. The zero-order valence-corrected chi connectivity index (χ0v) is 19.4. The zero-order chi connectivity index (χ0) is 23.8. The fourth-order valence-corrected chi connectivity index (χ4v) is 5.19. The van der Waals surface area contributed by atoms with Gasteiger partial charge in [-0.3, -0.25) is 14.4 Å². The van der Waals surface area contributed by atoms with E-state index in [4.69, 9.17) is 0 Å². The topological polar surface area (TPSA) is 113 Å². The Morgan fingerprint density at radius 3 is 2.21 bits per heavy atom. The van der Waals surface area contributed by atoms with Crippen LogP contribution in [0.1, 0.15) is 60.2 Å². The number of nitrogens with zero attached hydrogens (tertiary/aromatic N) is 1. The standard InChI is InChI=1S/C24H27N3O5S/c1-15(2)33(31,32)26-17-10-8-16(9-11-17)22(28)25-18-12-13-20-21(14-18)24(30)27(23(20)29)19-6-4-3-5-7-19/h3-7,12-17,26H,8-11H2,1-2H3,(H,25,28). The van der Waals surface area contributed by atoms with Crippen LogP contribution >= 0.6 is 0 Å². The van der Waals surface area contributed by atoms with Crippen LogP contribution in [0.3, 0.4) is 0 Å². The van der Waals surface area contributed by atoms with Gasteiger partial charge in [0, 0.05) is 17.6 Å². The first-order valence-corrected chi connectivity index (χ1v) is 12.6. The van der Waals surface area contributed by atoms with E-state index in [-0.39, 0.29) is 29.3 Å². The van der Waals surface area contributed by atoms with Crippen LogP contribution in [0.15, 0.2) is 48.5 Å². The Morgan fingerprint density at radius 1 is 0.939 bits per heavy atom. The minimum atomic E-state index is -3.34. The summed E-state index contributed by atoms with van der Waals surface area (Å²) in [4.78, 5) is 39.5. The number of carbonyl (C=O) groups excluding carboxylic acids is 3. The number of carbonyl (C=O) groups is 3. The maximum atomic E-state index is 12.9. The molecule has 33 heavy (non-hydrogen) atoms. The van der Waals surface area contributed by atoms with Crippen molar-refractivity contribution in [3.8, 4) is 0 Å². The Morgan fingerprint density at radius 2 is 1.58 bits per heavy atom. The highest BCUT2D eigenvalue weighted by Crippen LogP contribution is 2.31. The van der Waals surface area contributed by atoms with Crippen molar-refractivity contribution in [1.82, 2.24) is 4.72 Å². The molecule has 8 nitrogen and oxygen atoms in total. The first kappa shape index (κ1) is 23.1. The Labute approximate surface area is 193 Å². The Bertz CT molecular complexity index is 1190. The number of hydrogen-bond acceptors (Lipinski definition) is 5. The van der Waals surface area contributed by atoms with Crippen LogP contribution in [-0.4, -0.2) is 37.4 Å². The number of hydrogen-bond donors (Lipinski definition) is 2. The minimum Gasteiger partial charge on any atom is -0.326 e. The number of benzene rings is 2. The van der Waals surface area contributed by atoms with Gasteiger partial charge >= 0.3 is 0 Å². The van der Waals surface area contributed by atoms with Crippen molar-refractivity contribution in [3.05, 3.63) is 59.7 Å². The third-order valence-electron chi connectivity index (χ3n) is 6.22. The van der Waals surface area contributed by atoms with Crippen LogP contribution in [0.25, 0.3) is 0 Å². The first-order chi connectivity index (χ1) is 15.7. The molecule has 1 aliphatic carbocycles. The zero-order valence-electron chi connectivity index (χ0n) is 18.6. The summed E-state index contributed by atoms with van der Waals surface area (Å²) in [6.07, 6.45) is 2.32. The molecule has 1 heterocycles. The normalized spacial score (nSPS) is 20.8. The van der Waals surface area contributed by atoms with Gasteiger partial charge in [0.25, 0.3) is 11.8 Å². The van der Waals surface area contributed by atoms with Gasteiger partial charge in [0.2, 0.25) is 15.9 Å². The van der Waals surface area contributed by atoms with Crippen molar-refractivity contribution >= 4 is 39.1 Å². The number of imide groups is 1. The van der Waals surface area contributed by atoms with Crippen LogP contribution in [0, 0.1) is 5.92 Å². The van der Waals surface area contributed by atoms with Crippen LogP contribution in [-0.2, 0) is 14.8 Å². The predicted octanol–water partition coefficient (Wildman–Crippen LogP) is 3.31. The largest absolute Gasteiger partial charge is 0.326 e. The van der Waals surface area contributed by atoms with E-state index in [1.54, 1.807) is 56.3 Å². The molecule has 174 valence electrons. The second-order valence-electron chi connectivity index (χ2n) is 8.79. The summed E-state index contributed by atoms with van der Waals surface area (Å²) in [5, 5.41) is 2.36. The minimum absolute atomic E-state index is 0.158. The average molecular weight is 470 g/mol. The molecule has 0 spiro atoms. The molecule has 2 aromatic rings. The van der Waals surface area contributed by atoms with Crippen LogP contribution in [0.2, 0.25) is 0 Å². The van der Waals surface area contributed by atoms with Gasteiger partial charge in [-0.2, -0.15) is 0 Å². The van der Waals surface area contributed by atoms with Crippen molar-refractivity contribution in [2.45, 2.75) is 50.8 Å². The molecule has 1 saturated carbocycles. The van der Waals surface area contributed by atoms with Gasteiger partial charge in [0.15, 0.2) is 0 Å². The number of anilines is 2. The maximum absolute atomic E-state index is 12.9. The van der Waals surface area contributed by atoms with E-state index in [1.165, 1.54) is 0 Å². The summed E-state index contributed by atoms with van der Waals surface area (Å²) in [5.41, 5.74) is 1.52. The maximum Gasteiger partial charge on any atom is 0.266 e. The number of sulfonamides is 1. The molecule has 9 heteroatoms. The second kappa shape index (κ2) is 9.07. The number of amides is 3. The molecule has 2 aromatic carbocycles. The van der Waals surface area contributed by atoms with Gasteiger partial charge in [0.05, 0.1) is 22.1 Å². The van der Waals surface area contributed by atoms with Gasteiger partial charge in [-0.05, 0) is 69.9 Å². The number of rotatable bonds is 6. The molecule has 0 saturated heterocycles. The Balaban J connectivity index is 1.40. The molecular formula is C24H27N3O5S. The third kappa shape index (κ3) is 4.69. The number of para-hydroxylation sites is 1. The highest BCUT2D eigenvalue weighted by atomic mass is 32.2. The fourth-order valence-electron chi connectivity index (χ4n) is 4.22. The third-order valence-corrected chi connectivity index (χ3v) is 8.12. The van der Waals surface area contributed by atoms with Crippen LogP contribution in [0.5, 0.6) is 0 Å². The van der Waals surface area contributed by atoms with E-state index in [0.717, 1.165) is 4.90 Å². The molecule has 0 unspecified atom stereocenters. The molecule has 0 atom stereocenters. The quantitative estimate of drug-likeness (QED) is 0.631. The monoisotopic (exact) mass is 469 g/mol. The summed E-state index contributed by atoms with van der Waals surface area (Å²) in [6, 6.07) is 13.3. The lowest BCUT2D eigenvalue weighted by Crippen LogP contribution is -2.42. The summed E-state index contributed by atoms with van der Waals surface area (Å²) < 4.78 is 26.9. The van der Waals surface area contributed by atoms with E-state index >= 15 is 0 Å². The van der Waals surface area contributed by atoms with Crippen molar-refractivity contribution in [3.63, 3.8) is 0 Å². The summed E-state index contributed by atoms with van der Waals surface area (Å²) >= 11 is 0. The van der Waals surface area contributed by atoms with Gasteiger partial charge in [-0.15, -0.1) is 0 Å². The molecule has 2 aliphatic rings. The van der Waals surface area contributed by atoms with Gasteiger partial charge in [0.1, 0.15) is 0 Å². The lowest BCUT2D eigenvalue weighted by Gasteiger charge is -2.28. The summed E-state index contributed by atoms with van der Waals surface area (Å²) in [6.45, 7) is 3.27. The van der Waals surface area contributed by atoms with Crippen molar-refractivity contribution in [1.29, 1.82) is 0 Å². The molecule has 1 fully saturated rings. The number of nitrogens with one attached hydrogen (secondary N) is 2. The fraction of sp³-hybridized carbons (Fsp3) is 0.375. The average Bonchev–Trinajstić information content (AvgIpc) is 3.04. The SMILES string of the molecule is CC(C)S(=O)(=O)NC1CCC(C(=O)Nc2ccc3c(c2)C(=O)N(c2ccccc2)C3=O)CC1. The Kier molecular flexibility index (Phi) is 6.36. The van der Waals surface area contributed by atoms with Crippen molar-refractivity contribution in [2.75, 3.05) is 10.2 Å². The molecule has 4 rings (SSSR count). The smallest absolute Gasteiger partial charge is 0.266 e. The molecule has 3 amide bonds. The van der Waals surface area contributed by atoms with Crippen LogP contribution in [0.4, 0.5) is 11.4 Å². The molecule has 0 radical (unpaired) electrons. The Hall–Kier alpha value is -3.04. The number of fused-ring (bicyclic) bond motifs is 1. The molecule has 1 aliphatic heterocycles. The van der Waals surface area contributed by atoms with Crippen LogP contribution < -0.4 is 14.9 Å². The van der Waals surface area contributed by atoms with E-state index in [2.05, 4.69) is 10.0 Å². The molecule has 2 N–H and O–H groups in total. The summed E-state index contributed by atoms with van der Waals surface area (Å²) in [7, 11) is -3.34. The van der Waals surface area contributed by atoms with Gasteiger partial charge < -0.3 is 5.32 Å². The van der Waals surface area contributed by atoms with Gasteiger partial charge in [-0.1, -0.05) is 18.2 Å². The molecule has 0 aromatic heterocycles. The van der Waals surface area contributed by atoms with E-state index in [0.29, 0.717) is 42.6 Å². The second-order valence-corrected chi connectivity index (χ2v) is 11.1. The molecule has 0 bridgehead atoms. The van der Waals surface area contributed by atoms with Gasteiger partial charge in [-0.25, -0.2) is 18.0 Å². The molecular weight excluding hydrogens is 442 g/mol. The van der Waals surface area contributed by atoms with Crippen molar-refractivity contribution in [2.24, 2.45) is 5.92 Å². The van der Waals surface area contributed by atoms with E-state index in [9.17, 15) is 22.8 Å². The van der Waals surface area contributed by atoms with E-state index < -0.39 is 21.2 Å².